The minimum Gasteiger partial charge on any atom is -0.358 e. The Kier molecular flexibility index (Phi) is 4.71. The lowest BCUT2D eigenvalue weighted by atomic mass is 10.2. The second kappa shape index (κ2) is 6.92. The van der Waals surface area contributed by atoms with Gasteiger partial charge >= 0.3 is 0 Å². The summed E-state index contributed by atoms with van der Waals surface area (Å²) in [6.07, 6.45) is 1.04. The standard InChI is InChI=1S/C17H21FN6/c1-22(2)10-5-11-23(3)16-9-8-15-19-20-17(24(15)21-16)13-6-4-7-14(18)12-13/h4,6-9,12H,5,10-11H2,1-3H3. The van der Waals surface area contributed by atoms with Crippen LogP contribution in [-0.2, 0) is 0 Å². The fourth-order valence-electron chi connectivity index (χ4n) is 2.53. The van der Waals surface area contributed by atoms with Crippen molar-refractivity contribution in [3.8, 4) is 11.4 Å². The summed E-state index contributed by atoms with van der Waals surface area (Å²) in [6, 6.07) is 10.1. The van der Waals surface area contributed by atoms with Crippen LogP contribution in [0, 0.1) is 5.82 Å². The number of rotatable bonds is 6. The number of benzene rings is 1. The van der Waals surface area contributed by atoms with E-state index in [1.807, 2.05) is 19.2 Å². The molecule has 0 spiro atoms. The molecule has 6 nitrogen and oxygen atoms in total. The summed E-state index contributed by atoms with van der Waals surface area (Å²) in [6.45, 7) is 1.92. The number of hydrogen-bond donors (Lipinski definition) is 0. The monoisotopic (exact) mass is 328 g/mol. The summed E-state index contributed by atoms with van der Waals surface area (Å²) in [5.41, 5.74) is 1.29. The summed E-state index contributed by atoms with van der Waals surface area (Å²) >= 11 is 0. The van der Waals surface area contributed by atoms with E-state index in [1.165, 1.54) is 12.1 Å². The summed E-state index contributed by atoms with van der Waals surface area (Å²) in [5.74, 6) is 1.06. The third-order valence-corrected chi connectivity index (χ3v) is 3.82. The Morgan fingerprint density at radius 1 is 1.04 bits per heavy atom. The first-order valence-corrected chi connectivity index (χ1v) is 7.89. The van der Waals surface area contributed by atoms with Crippen molar-refractivity contribution in [2.45, 2.75) is 6.42 Å². The van der Waals surface area contributed by atoms with Crippen LogP contribution in [0.3, 0.4) is 0 Å². The van der Waals surface area contributed by atoms with Crippen LogP contribution < -0.4 is 4.90 Å². The molecule has 0 aliphatic carbocycles. The first-order chi connectivity index (χ1) is 11.5. The predicted molar refractivity (Wildman–Crippen MR) is 92.6 cm³/mol. The lowest BCUT2D eigenvalue weighted by Crippen LogP contribution is -2.24. The van der Waals surface area contributed by atoms with Gasteiger partial charge in [-0.25, -0.2) is 4.39 Å². The third kappa shape index (κ3) is 3.51. The number of anilines is 1. The van der Waals surface area contributed by atoms with Gasteiger partial charge in [-0.05, 0) is 51.3 Å². The number of hydrogen-bond acceptors (Lipinski definition) is 5. The lowest BCUT2D eigenvalue weighted by Gasteiger charge is -2.19. The first-order valence-electron chi connectivity index (χ1n) is 7.89. The number of aromatic nitrogens is 4. The van der Waals surface area contributed by atoms with Crippen LogP contribution in [0.5, 0.6) is 0 Å². The topological polar surface area (TPSA) is 49.6 Å². The molecule has 126 valence electrons. The van der Waals surface area contributed by atoms with Gasteiger partial charge in [-0.15, -0.1) is 15.3 Å². The maximum atomic E-state index is 13.5. The maximum absolute atomic E-state index is 13.5. The molecular weight excluding hydrogens is 307 g/mol. The molecule has 2 aromatic heterocycles. The van der Waals surface area contributed by atoms with Gasteiger partial charge in [0.25, 0.3) is 0 Å². The first kappa shape index (κ1) is 16.3. The van der Waals surface area contributed by atoms with Gasteiger partial charge in [-0.2, -0.15) is 4.52 Å². The van der Waals surface area contributed by atoms with Gasteiger partial charge in [-0.1, -0.05) is 12.1 Å². The minimum absolute atomic E-state index is 0.304. The van der Waals surface area contributed by atoms with Crippen LogP contribution in [0.25, 0.3) is 17.0 Å². The van der Waals surface area contributed by atoms with Crippen molar-refractivity contribution in [2.75, 3.05) is 39.1 Å². The van der Waals surface area contributed by atoms with E-state index in [2.05, 4.69) is 39.2 Å². The molecule has 0 atom stereocenters. The maximum Gasteiger partial charge on any atom is 0.185 e. The van der Waals surface area contributed by atoms with Crippen LogP contribution in [0.2, 0.25) is 0 Å². The van der Waals surface area contributed by atoms with Crippen molar-refractivity contribution in [2.24, 2.45) is 0 Å². The fourth-order valence-corrected chi connectivity index (χ4v) is 2.53. The average Bonchev–Trinajstić information content (AvgIpc) is 2.97. The molecule has 0 amide bonds. The van der Waals surface area contributed by atoms with E-state index >= 15 is 0 Å². The molecular formula is C17H21FN6. The van der Waals surface area contributed by atoms with Gasteiger partial charge in [0.05, 0.1) is 0 Å². The highest BCUT2D eigenvalue weighted by atomic mass is 19.1. The molecule has 0 bridgehead atoms. The molecule has 7 heteroatoms. The molecule has 0 aliphatic heterocycles. The van der Waals surface area contributed by atoms with Gasteiger partial charge in [0.2, 0.25) is 0 Å². The average molecular weight is 328 g/mol. The number of nitrogens with zero attached hydrogens (tertiary/aromatic N) is 6. The largest absolute Gasteiger partial charge is 0.358 e. The Bertz CT molecular complexity index is 829. The van der Waals surface area contributed by atoms with Crippen LogP contribution in [0.4, 0.5) is 10.2 Å². The Morgan fingerprint density at radius 3 is 2.62 bits per heavy atom. The Morgan fingerprint density at radius 2 is 1.88 bits per heavy atom. The minimum atomic E-state index is -0.304. The highest BCUT2D eigenvalue weighted by Gasteiger charge is 2.12. The molecule has 2 heterocycles. The molecule has 0 radical (unpaired) electrons. The Labute approximate surface area is 140 Å². The van der Waals surface area contributed by atoms with E-state index < -0.39 is 0 Å². The van der Waals surface area contributed by atoms with E-state index in [1.54, 1.807) is 16.6 Å². The molecule has 3 aromatic rings. The van der Waals surface area contributed by atoms with E-state index in [0.29, 0.717) is 17.0 Å². The SMILES string of the molecule is CN(C)CCCN(C)c1ccc2nnc(-c3cccc(F)c3)n2n1. The molecule has 24 heavy (non-hydrogen) atoms. The highest BCUT2D eigenvalue weighted by Crippen LogP contribution is 2.20. The van der Waals surface area contributed by atoms with Crippen LogP contribution in [-0.4, -0.2) is 58.9 Å². The molecule has 3 rings (SSSR count). The smallest absolute Gasteiger partial charge is 0.185 e. The zero-order valence-electron chi connectivity index (χ0n) is 14.1. The zero-order valence-corrected chi connectivity index (χ0v) is 14.1. The molecule has 0 saturated heterocycles. The normalized spacial score (nSPS) is 11.4. The Balaban J connectivity index is 1.88. The summed E-state index contributed by atoms with van der Waals surface area (Å²) in [7, 11) is 6.13. The molecule has 0 fully saturated rings. The predicted octanol–water partition coefficient (Wildman–Crippen LogP) is 2.32. The van der Waals surface area contributed by atoms with E-state index in [-0.39, 0.29) is 5.82 Å². The van der Waals surface area contributed by atoms with Gasteiger partial charge < -0.3 is 9.80 Å². The van der Waals surface area contributed by atoms with Crippen molar-refractivity contribution in [3.05, 3.63) is 42.2 Å². The van der Waals surface area contributed by atoms with Gasteiger partial charge in [0, 0.05) is 19.2 Å². The van der Waals surface area contributed by atoms with Crippen LogP contribution in [0.15, 0.2) is 36.4 Å². The molecule has 0 saturated carbocycles. The Hall–Kier alpha value is -2.54. The van der Waals surface area contributed by atoms with Crippen molar-refractivity contribution in [3.63, 3.8) is 0 Å². The molecule has 1 aromatic carbocycles. The second-order valence-corrected chi connectivity index (χ2v) is 6.07. The lowest BCUT2D eigenvalue weighted by molar-refractivity contribution is 0.401. The quantitative estimate of drug-likeness (QED) is 0.695. The van der Waals surface area contributed by atoms with Gasteiger partial charge in [0.15, 0.2) is 11.5 Å². The highest BCUT2D eigenvalue weighted by molar-refractivity contribution is 5.59. The molecule has 0 aliphatic rings. The molecule has 0 unspecified atom stereocenters. The summed E-state index contributed by atoms with van der Waals surface area (Å²) in [5, 5.41) is 12.9. The summed E-state index contributed by atoms with van der Waals surface area (Å²) in [4.78, 5) is 4.25. The van der Waals surface area contributed by atoms with Crippen LogP contribution in [0.1, 0.15) is 6.42 Å². The third-order valence-electron chi connectivity index (χ3n) is 3.82. The summed E-state index contributed by atoms with van der Waals surface area (Å²) < 4.78 is 15.1. The number of halogens is 1. The number of fused-ring (bicyclic) bond motifs is 1. The molecule has 0 N–H and O–H groups in total. The van der Waals surface area contributed by atoms with Crippen molar-refractivity contribution >= 4 is 11.5 Å². The van der Waals surface area contributed by atoms with Crippen molar-refractivity contribution in [1.29, 1.82) is 0 Å². The zero-order chi connectivity index (χ0) is 17.1. The van der Waals surface area contributed by atoms with E-state index in [9.17, 15) is 4.39 Å². The van der Waals surface area contributed by atoms with E-state index in [4.69, 9.17) is 0 Å². The van der Waals surface area contributed by atoms with Crippen LogP contribution >= 0.6 is 0 Å². The van der Waals surface area contributed by atoms with Crippen molar-refractivity contribution < 1.29 is 4.39 Å². The van der Waals surface area contributed by atoms with Crippen molar-refractivity contribution in [1.82, 2.24) is 24.7 Å². The van der Waals surface area contributed by atoms with Gasteiger partial charge in [0.1, 0.15) is 11.6 Å². The fraction of sp³-hybridized carbons (Fsp3) is 0.353. The second-order valence-electron chi connectivity index (χ2n) is 6.07. The van der Waals surface area contributed by atoms with Gasteiger partial charge in [-0.3, -0.25) is 0 Å². The van der Waals surface area contributed by atoms with E-state index in [0.717, 1.165) is 25.3 Å².